The lowest BCUT2D eigenvalue weighted by Crippen LogP contribution is -2.38. The van der Waals surface area contributed by atoms with Crippen LogP contribution in [0.2, 0.25) is 0 Å². The minimum absolute atomic E-state index is 0.423. The summed E-state index contributed by atoms with van der Waals surface area (Å²) in [5, 5.41) is 3.34. The summed E-state index contributed by atoms with van der Waals surface area (Å²) in [5.74, 6) is 0.423. The van der Waals surface area contributed by atoms with Crippen LogP contribution in [0.25, 0.3) is 0 Å². The summed E-state index contributed by atoms with van der Waals surface area (Å²) >= 11 is 0. The third-order valence-corrected chi connectivity index (χ3v) is 4.88. The van der Waals surface area contributed by atoms with Gasteiger partial charge in [0.15, 0.2) is 0 Å². The average Bonchev–Trinajstić information content (AvgIpc) is 2.29. The highest BCUT2D eigenvalue weighted by atomic mass is 32.2. The van der Waals surface area contributed by atoms with E-state index >= 15 is 0 Å². The molecule has 1 atom stereocenters. The number of nitrogens with zero attached hydrogens (tertiary/aromatic N) is 1. The SMILES string of the molecule is CS(=O)(=O)N1CCCC(C=C2CCNCC2)C1. The van der Waals surface area contributed by atoms with Gasteiger partial charge in [0.05, 0.1) is 6.26 Å². The van der Waals surface area contributed by atoms with Crippen molar-refractivity contribution >= 4 is 10.0 Å². The molecule has 2 aliphatic heterocycles. The Kier molecular flexibility index (Phi) is 4.22. The molecule has 1 unspecified atom stereocenters. The molecule has 2 aliphatic rings. The van der Waals surface area contributed by atoms with Gasteiger partial charge in [-0.3, -0.25) is 0 Å². The van der Waals surface area contributed by atoms with Crippen LogP contribution in [0.5, 0.6) is 0 Å². The van der Waals surface area contributed by atoms with E-state index in [9.17, 15) is 8.42 Å². The highest BCUT2D eigenvalue weighted by Crippen LogP contribution is 2.23. The molecule has 0 saturated carbocycles. The van der Waals surface area contributed by atoms with Crippen LogP contribution in [0.3, 0.4) is 0 Å². The fraction of sp³-hybridized carbons (Fsp3) is 0.833. The van der Waals surface area contributed by atoms with Crippen molar-refractivity contribution in [2.45, 2.75) is 25.7 Å². The smallest absolute Gasteiger partial charge is 0.211 e. The zero-order chi connectivity index (χ0) is 12.3. The van der Waals surface area contributed by atoms with Crippen LogP contribution in [0.1, 0.15) is 25.7 Å². The Morgan fingerprint density at radius 2 is 2.06 bits per heavy atom. The summed E-state index contributed by atoms with van der Waals surface area (Å²) in [7, 11) is -3.01. The van der Waals surface area contributed by atoms with Gasteiger partial charge in [-0.05, 0) is 44.7 Å². The van der Waals surface area contributed by atoms with E-state index in [2.05, 4.69) is 11.4 Å². The number of hydrogen-bond acceptors (Lipinski definition) is 3. The Bertz CT molecular complexity index is 381. The summed E-state index contributed by atoms with van der Waals surface area (Å²) in [5.41, 5.74) is 1.50. The van der Waals surface area contributed by atoms with Crippen LogP contribution in [0, 0.1) is 5.92 Å². The summed E-state index contributed by atoms with van der Waals surface area (Å²) in [4.78, 5) is 0. The van der Waals surface area contributed by atoms with Crippen molar-refractivity contribution < 1.29 is 8.42 Å². The van der Waals surface area contributed by atoms with Crippen LogP contribution < -0.4 is 5.32 Å². The fourth-order valence-electron chi connectivity index (χ4n) is 2.66. The van der Waals surface area contributed by atoms with E-state index in [0.717, 1.165) is 38.8 Å². The lowest BCUT2D eigenvalue weighted by atomic mass is 9.94. The maximum absolute atomic E-state index is 11.5. The van der Waals surface area contributed by atoms with Crippen molar-refractivity contribution in [2.75, 3.05) is 32.4 Å². The van der Waals surface area contributed by atoms with Crippen LogP contribution in [-0.2, 0) is 10.0 Å². The number of hydrogen-bond donors (Lipinski definition) is 1. The average molecular weight is 258 g/mol. The molecule has 17 heavy (non-hydrogen) atoms. The van der Waals surface area contributed by atoms with Gasteiger partial charge in [0, 0.05) is 13.1 Å². The second-order valence-corrected chi connectivity index (χ2v) is 7.08. The number of sulfonamides is 1. The van der Waals surface area contributed by atoms with Gasteiger partial charge < -0.3 is 5.32 Å². The monoisotopic (exact) mass is 258 g/mol. The molecule has 1 N–H and O–H groups in total. The van der Waals surface area contributed by atoms with Gasteiger partial charge in [-0.25, -0.2) is 12.7 Å². The summed E-state index contributed by atoms with van der Waals surface area (Å²) in [6, 6.07) is 0. The van der Waals surface area contributed by atoms with Crippen molar-refractivity contribution in [2.24, 2.45) is 5.92 Å². The van der Waals surface area contributed by atoms with Gasteiger partial charge in [0.2, 0.25) is 10.0 Å². The molecule has 2 rings (SSSR count). The van der Waals surface area contributed by atoms with E-state index in [1.165, 1.54) is 11.8 Å². The van der Waals surface area contributed by atoms with Crippen LogP contribution in [-0.4, -0.2) is 45.2 Å². The van der Waals surface area contributed by atoms with E-state index in [0.29, 0.717) is 19.0 Å². The molecule has 4 nitrogen and oxygen atoms in total. The maximum atomic E-state index is 11.5. The number of nitrogens with one attached hydrogen (secondary N) is 1. The second-order valence-electron chi connectivity index (χ2n) is 5.10. The molecule has 5 heteroatoms. The molecule has 98 valence electrons. The van der Waals surface area contributed by atoms with Crippen molar-refractivity contribution in [1.82, 2.24) is 9.62 Å². The van der Waals surface area contributed by atoms with E-state index < -0.39 is 10.0 Å². The molecule has 0 spiro atoms. The van der Waals surface area contributed by atoms with Gasteiger partial charge in [-0.15, -0.1) is 0 Å². The Balaban J connectivity index is 1.97. The number of rotatable bonds is 2. The Morgan fingerprint density at radius 3 is 2.71 bits per heavy atom. The number of piperidine rings is 2. The summed E-state index contributed by atoms with van der Waals surface area (Å²) < 4.78 is 24.7. The molecule has 0 aromatic rings. The van der Waals surface area contributed by atoms with Crippen LogP contribution in [0.15, 0.2) is 11.6 Å². The first-order chi connectivity index (χ1) is 8.05. The van der Waals surface area contributed by atoms with Crippen LogP contribution in [0.4, 0.5) is 0 Å². The first-order valence-electron chi connectivity index (χ1n) is 6.41. The summed E-state index contributed by atoms with van der Waals surface area (Å²) in [6.07, 6.45) is 8.00. The molecule has 2 heterocycles. The lowest BCUT2D eigenvalue weighted by molar-refractivity contribution is 0.301. The standard InChI is InChI=1S/C12H22N2O2S/c1-17(15,16)14-8-2-3-12(10-14)9-11-4-6-13-7-5-11/h9,12-13H,2-8,10H2,1H3. The van der Waals surface area contributed by atoms with Crippen molar-refractivity contribution in [3.05, 3.63) is 11.6 Å². The predicted octanol–water partition coefficient (Wildman–Crippen LogP) is 0.968. The predicted molar refractivity (Wildman–Crippen MR) is 69.3 cm³/mol. The maximum Gasteiger partial charge on any atom is 0.211 e. The quantitative estimate of drug-likeness (QED) is 0.751. The van der Waals surface area contributed by atoms with E-state index in [1.54, 1.807) is 4.31 Å². The third kappa shape index (κ3) is 3.79. The van der Waals surface area contributed by atoms with Crippen molar-refractivity contribution in [3.8, 4) is 0 Å². The zero-order valence-electron chi connectivity index (χ0n) is 10.5. The normalized spacial score (nSPS) is 28.1. The van der Waals surface area contributed by atoms with Gasteiger partial charge in [-0.1, -0.05) is 11.6 Å². The molecular formula is C12H22N2O2S. The first-order valence-corrected chi connectivity index (χ1v) is 8.26. The van der Waals surface area contributed by atoms with E-state index in [1.807, 2.05) is 0 Å². The molecule has 0 amide bonds. The first kappa shape index (κ1) is 13.1. The van der Waals surface area contributed by atoms with Gasteiger partial charge in [-0.2, -0.15) is 0 Å². The largest absolute Gasteiger partial charge is 0.316 e. The fourth-order valence-corrected chi connectivity index (χ4v) is 3.58. The third-order valence-electron chi connectivity index (χ3n) is 3.61. The van der Waals surface area contributed by atoms with Gasteiger partial charge >= 0.3 is 0 Å². The van der Waals surface area contributed by atoms with Gasteiger partial charge in [0.25, 0.3) is 0 Å². The Morgan fingerprint density at radius 1 is 1.35 bits per heavy atom. The Labute approximate surface area is 104 Å². The van der Waals surface area contributed by atoms with Crippen molar-refractivity contribution in [3.63, 3.8) is 0 Å². The van der Waals surface area contributed by atoms with Crippen LogP contribution >= 0.6 is 0 Å². The molecule has 2 fully saturated rings. The lowest BCUT2D eigenvalue weighted by Gasteiger charge is -2.30. The molecule has 0 radical (unpaired) electrons. The van der Waals surface area contributed by atoms with E-state index in [-0.39, 0.29) is 0 Å². The minimum atomic E-state index is -3.01. The van der Waals surface area contributed by atoms with E-state index in [4.69, 9.17) is 0 Å². The molecule has 0 bridgehead atoms. The molecule has 0 aromatic heterocycles. The van der Waals surface area contributed by atoms with Gasteiger partial charge in [0.1, 0.15) is 0 Å². The van der Waals surface area contributed by atoms with Crippen molar-refractivity contribution in [1.29, 1.82) is 0 Å². The molecular weight excluding hydrogens is 236 g/mol. The summed E-state index contributed by atoms with van der Waals surface area (Å²) in [6.45, 7) is 3.50. The topological polar surface area (TPSA) is 49.4 Å². The highest BCUT2D eigenvalue weighted by molar-refractivity contribution is 7.88. The molecule has 0 aliphatic carbocycles. The molecule has 0 aromatic carbocycles. The highest BCUT2D eigenvalue weighted by Gasteiger charge is 2.24. The Hall–Kier alpha value is -0.390. The molecule has 2 saturated heterocycles. The zero-order valence-corrected chi connectivity index (χ0v) is 11.3. The minimum Gasteiger partial charge on any atom is -0.316 e. The second kappa shape index (κ2) is 5.50.